The van der Waals surface area contributed by atoms with Crippen molar-refractivity contribution in [3.05, 3.63) is 83.9 Å². The molecule has 0 bridgehead atoms. The minimum absolute atomic E-state index is 0.0357. The average Bonchev–Trinajstić information content (AvgIpc) is 3.18. The number of nitrogens with one attached hydrogen (secondary N) is 2. The lowest BCUT2D eigenvalue weighted by atomic mass is 10.1. The van der Waals surface area contributed by atoms with Gasteiger partial charge >= 0.3 is 0 Å². The van der Waals surface area contributed by atoms with Gasteiger partial charge in [0.1, 0.15) is 5.82 Å². The van der Waals surface area contributed by atoms with E-state index < -0.39 is 17.8 Å². The third kappa shape index (κ3) is 5.20. The van der Waals surface area contributed by atoms with Crippen molar-refractivity contribution in [2.75, 3.05) is 11.1 Å². The summed E-state index contributed by atoms with van der Waals surface area (Å²) in [7, 11) is 1.75. The Balaban J connectivity index is 1.35. The molecule has 0 radical (unpaired) electrons. The van der Waals surface area contributed by atoms with E-state index in [-0.39, 0.29) is 17.2 Å². The quantitative estimate of drug-likeness (QED) is 0.398. The first kappa shape index (κ1) is 22.5. The van der Waals surface area contributed by atoms with E-state index in [1.54, 1.807) is 24.6 Å². The van der Waals surface area contributed by atoms with Crippen LogP contribution >= 0.6 is 11.8 Å². The van der Waals surface area contributed by atoms with E-state index in [1.165, 1.54) is 30.0 Å². The highest BCUT2D eigenvalue weighted by atomic mass is 32.2. The van der Waals surface area contributed by atoms with Gasteiger partial charge in [-0.05, 0) is 42.0 Å². The summed E-state index contributed by atoms with van der Waals surface area (Å²) in [6.07, 6.45) is 0. The molecule has 2 N–H and O–H groups in total. The van der Waals surface area contributed by atoms with E-state index in [0.717, 1.165) is 16.5 Å². The van der Waals surface area contributed by atoms with Crippen molar-refractivity contribution in [3.63, 3.8) is 0 Å². The number of fused-ring (bicyclic) bond motifs is 1. The number of benzene rings is 3. The average molecular weight is 464 g/mol. The topological polar surface area (TPSA) is 88.9 Å². The van der Waals surface area contributed by atoms with E-state index in [4.69, 9.17) is 0 Å². The summed E-state index contributed by atoms with van der Waals surface area (Å²) in [4.78, 5) is 24.8. The molecule has 0 spiro atoms. The molecule has 0 aliphatic carbocycles. The van der Waals surface area contributed by atoms with Crippen molar-refractivity contribution in [1.29, 1.82) is 0 Å². The van der Waals surface area contributed by atoms with Crippen LogP contribution in [0.2, 0.25) is 0 Å². The molecule has 1 heterocycles. The minimum atomic E-state index is -0.589. The summed E-state index contributed by atoms with van der Waals surface area (Å²) in [5.41, 5.74) is 0.689. The van der Waals surface area contributed by atoms with Crippen LogP contribution in [0.4, 0.5) is 10.1 Å². The number of carbonyl (C=O) groups is 2. The molecule has 0 unspecified atom stereocenters. The second-order valence-electron chi connectivity index (χ2n) is 7.47. The number of nitrogens with zero attached hydrogens (tertiary/aromatic N) is 3. The van der Waals surface area contributed by atoms with Gasteiger partial charge in [0.25, 0.3) is 5.91 Å². The van der Waals surface area contributed by atoms with Crippen LogP contribution in [-0.4, -0.2) is 32.3 Å². The predicted octanol–water partition coefficient (Wildman–Crippen LogP) is 4.33. The van der Waals surface area contributed by atoms with Crippen molar-refractivity contribution in [3.8, 4) is 0 Å². The molecular formula is C24H22FN5O2S. The maximum Gasteiger partial charge on any atom is 0.254 e. The highest BCUT2D eigenvalue weighted by molar-refractivity contribution is 7.99. The van der Waals surface area contributed by atoms with Crippen LogP contribution in [0.1, 0.15) is 29.1 Å². The molecule has 2 amide bonds. The van der Waals surface area contributed by atoms with Gasteiger partial charge in [-0.3, -0.25) is 9.59 Å². The standard InChI is InChI=1S/C24H22FN5O2S/c1-15(26-23(32)19-9-5-6-10-20(19)25)22-28-29-24(30(22)2)33-14-21(31)27-18-12-11-16-7-3-4-8-17(16)13-18/h3-13,15H,14H2,1-2H3,(H,26,32)(H,27,31)/t15-/m0/s1. The van der Waals surface area contributed by atoms with Crippen LogP contribution in [0, 0.1) is 5.82 Å². The SMILES string of the molecule is C[C@H](NC(=O)c1ccccc1F)c1nnc(SCC(=O)Nc2ccc3ccccc3c2)n1C. The molecule has 7 nitrogen and oxygen atoms in total. The molecule has 9 heteroatoms. The van der Waals surface area contributed by atoms with Gasteiger partial charge in [-0.15, -0.1) is 10.2 Å². The highest BCUT2D eigenvalue weighted by Gasteiger charge is 2.20. The zero-order valence-electron chi connectivity index (χ0n) is 18.1. The molecule has 0 fully saturated rings. The number of rotatable bonds is 7. The van der Waals surface area contributed by atoms with Crippen molar-refractivity contribution in [2.45, 2.75) is 18.1 Å². The van der Waals surface area contributed by atoms with Gasteiger partial charge in [-0.1, -0.05) is 54.2 Å². The summed E-state index contributed by atoms with van der Waals surface area (Å²) in [6, 6.07) is 19.0. The van der Waals surface area contributed by atoms with Gasteiger partial charge < -0.3 is 15.2 Å². The second kappa shape index (κ2) is 9.83. The third-order valence-corrected chi connectivity index (χ3v) is 6.11. The first-order valence-electron chi connectivity index (χ1n) is 10.3. The van der Waals surface area contributed by atoms with E-state index >= 15 is 0 Å². The Kier molecular flexibility index (Phi) is 6.69. The van der Waals surface area contributed by atoms with Crippen molar-refractivity contribution >= 4 is 40.0 Å². The normalized spacial score (nSPS) is 11.8. The number of hydrogen-bond acceptors (Lipinski definition) is 5. The van der Waals surface area contributed by atoms with Crippen molar-refractivity contribution < 1.29 is 14.0 Å². The van der Waals surface area contributed by atoms with Gasteiger partial charge in [0.15, 0.2) is 11.0 Å². The van der Waals surface area contributed by atoms with Crippen molar-refractivity contribution in [2.24, 2.45) is 7.05 Å². The number of aromatic nitrogens is 3. The van der Waals surface area contributed by atoms with Gasteiger partial charge in [-0.2, -0.15) is 0 Å². The summed E-state index contributed by atoms with van der Waals surface area (Å²) >= 11 is 1.24. The maximum absolute atomic E-state index is 13.9. The Morgan fingerprint density at radius 3 is 2.55 bits per heavy atom. The summed E-state index contributed by atoms with van der Waals surface area (Å²) in [5, 5.41) is 16.6. The number of halogens is 1. The Labute approximate surface area is 194 Å². The third-order valence-electron chi connectivity index (χ3n) is 5.09. The fourth-order valence-corrected chi connectivity index (χ4v) is 4.13. The minimum Gasteiger partial charge on any atom is -0.342 e. The van der Waals surface area contributed by atoms with Crippen LogP contribution in [0.3, 0.4) is 0 Å². The van der Waals surface area contributed by atoms with Gasteiger partial charge in [-0.25, -0.2) is 4.39 Å². The second-order valence-corrected chi connectivity index (χ2v) is 8.42. The summed E-state index contributed by atoms with van der Waals surface area (Å²) < 4.78 is 15.6. The molecule has 1 atom stereocenters. The van der Waals surface area contributed by atoms with E-state index in [1.807, 2.05) is 42.5 Å². The molecule has 4 aromatic rings. The first-order valence-corrected chi connectivity index (χ1v) is 11.3. The molecular weight excluding hydrogens is 441 g/mol. The smallest absolute Gasteiger partial charge is 0.254 e. The molecule has 3 aromatic carbocycles. The molecule has 1 aromatic heterocycles. The molecule has 4 rings (SSSR count). The number of carbonyl (C=O) groups excluding carboxylic acids is 2. The Morgan fingerprint density at radius 2 is 1.76 bits per heavy atom. The number of anilines is 1. The van der Waals surface area contributed by atoms with Crippen molar-refractivity contribution in [1.82, 2.24) is 20.1 Å². The monoisotopic (exact) mass is 463 g/mol. The summed E-state index contributed by atoms with van der Waals surface area (Å²) in [5.74, 6) is -0.645. The van der Waals surface area contributed by atoms with E-state index in [2.05, 4.69) is 20.8 Å². The Hall–Kier alpha value is -3.72. The largest absolute Gasteiger partial charge is 0.342 e. The fraction of sp³-hybridized carbons (Fsp3) is 0.167. The maximum atomic E-state index is 13.9. The molecule has 168 valence electrons. The molecule has 0 saturated heterocycles. The molecule has 0 aliphatic rings. The highest BCUT2D eigenvalue weighted by Crippen LogP contribution is 2.22. The predicted molar refractivity (Wildman–Crippen MR) is 127 cm³/mol. The van der Waals surface area contributed by atoms with E-state index in [0.29, 0.717) is 11.0 Å². The number of hydrogen-bond donors (Lipinski definition) is 2. The lowest BCUT2D eigenvalue weighted by Crippen LogP contribution is -2.29. The zero-order valence-corrected chi connectivity index (χ0v) is 18.9. The Morgan fingerprint density at radius 1 is 1.03 bits per heavy atom. The van der Waals surface area contributed by atoms with Crippen LogP contribution < -0.4 is 10.6 Å². The first-order chi connectivity index (χ1) is 15.9. The van der Waals surface area contributed by atoms with Crippen LogP contribution in [0.5, 0.6) is 0 Å². The van der Waals surface area contributed by atoms with Gasteiger partial charge in [0.2, 0.25) is 5.91 Å². The van der Waals surface area contributed by atoms with Crippen LogP contribution in [0.25, 0.3) is 10.8 Å². The van der Waals surface area contributed by atoms with Crippen LogP contribution in [-0.2, 0) is 11.8 Å². The lowest BCUT2D eigenvalue weighted by Gasteiger charge is -2.14. The van der Waals surface area contributed by atoms with Gasteiger partial charge in [0, 0.05) is 12.7 Å². The molecule has 0 saturated carbocycles. The molecule has 33 heavy (non-hydrogen) atoms. The number of thioether (sulfide) groups is 1. The number of amides is 2. The van der Waals surface area contributed by atoms with Gasteiger partial charge in [0.05, 0.1) is 17.4 Å². The van der Waals surface area contributed by atoms with E-state index in [9.17, 15) is 14.0 Å². The fourth-order valence-electron chi connectivity index (χ4n) is 3.41. The molecule has 0 aliphatic heterocycles. The lowest BCUT2D eigenvalue weighted by molar-refractivity contribution is -0.113. The van der Waals surface area contributed by atoms with Crippen LogP contribution in [0.15, 0.2) is 71.9 Å². The zero-order chi connectivity index (χ0) is 23.4. The Bertz CT molecular complexity index is 1320. The summed E-state index contributed by atoms with van der Waals surface area (Å²) in [6.45, 7) is 1.74.